The van der Waals surface area contributed by atoms with Crippen LogP contribution in [0.5, 0.6) is 11.5 Å². The highest BCUT2D eigenvalue weighted by atomic mass is 79.9. The molecule has 0 aliphatic carbocycles. The predicted octanol–water partition coefficient (Wildman–Crippen LogP) is 4.99. The average Bonchev–Trinajstić information content (AvgIpc) is 2.65. The predicted molar refractivity (Wildman–Crippen MR) is 103 cm³/mol. The van der Waals surface area contributed by atoms with Gasteiger partial charge in [-0.3, -0.25) is 10.1 Å². The van der Waals surface area contributed by atoms with Crippen LogP contribution in [0.25, 0.3) is 11.6 Å². The molecule has 0 saturated heterocycles. The van der Waals surface area contributed by atoms with Crippen LogP contribution in [0.3, 0.4) is 0 Å². The number of nitrogens with zero attached hydrogens (tertiary/aromatic N) is 2. The summed E-state index contributed by atoms with van der Waals surface area (Å²) in [5.74, 6) is 1.06. The van der Waals surface area contributed by atoms with Crippen molar-refractivity contribution in [3.63, 3.8) is 0 Å². The van der Waals surface area contributed by atoms with Gasteiger partial charge in [0.1, 0.15) is 6.61 Å². The van der Waals surface area contributed by atoms with Crippen LogP contribution in [0, 0.1) is 21.4 Å². The van der Waals surface area contributed by atoms with Gasteiger partial charge in [0.2, 0.25) is 0 Å². The van der Waals surface area contributed by atoms with E-state index in [2.05, 4.69) is 28.6 Å². The lowest BCUT2D eigenvalue weighted by Gasteiger charge is -2.12. The molecule has 0 heterocycles. The van der Waals surface area contributed by atoms with Crippen LogP contribution in [0.1, 0.15) is 11.1 Å². The summed E-state index contributed by atoms with van der Waals surface area (Å²) in [7, 11) is 1.53. The number of hydrogen-bond donors (Lipinski definition) is 0. The number of non-ortho nitro benzene ring substituents is 1. The molecule has 0 bridgehead atoms. The summed E-state index contributed by atoms with van der Waals surface area (Å²) in [6.45, 7) is 3.94. The van der Waals surface area contributed by atoms with Crippen molar-refractivity contribution in [3.05, 3.63) is 74.8 Å². The highest BCUT2D eigenvalue weighted by Crippen LogP contribution is 2.35. The standard InChI is InChI=1S/C19H15BrN2O4/c1-3-8-26-19-11-17(20)14(10-18(19)25-2)9-15(12-21)13-4-6-16(7-5-13)22(23)24/h3-7,9-11H,1,8H2,2H3/b15-9-. The molecule has 26 heavy (non-hydrogen) atoms. The summed E-state index contributed by atoms with van der Waals surface area (Å²) in [5.41, 5.74) is 1.62. The lowest BCUT2D eigenvalue weighted by Crippen LogP contribution is -1.97. The highest BCUT2D eigenvalue weighted by Gasteiger charge is 2.11. The van der Waals surface area contributed by atoms with E-state index in [1.165, 1.54) is 19.2 Å². The lowest BCUT2D eigenvalue weighted by molar-refractivity contribution is -0.384. The quantitative estimate of drug-likeness (QED) is 0.209. The van der Waals surface area contributed by atoms with Gasteiger partial charge in [-0.25, -0.2) is 0 Å². The number of nitro benzene ring substituents is 1. The molecule has 0 aliphatic rings. The summed E-state index contributed by atoms with van der Waals surface area (Å²) in [4.78, 5) is 10.3. The number of ether oxygens (including phenoxy) is 2. The van der Waals surface area contributed by atoms with Crippen molar-refractivity contribution in [1.82, 2.24) is 0 Å². The van der Waals surface area contributed by atoms with E-state index in [9.17, 15) is 15.4 Å². The molecule has 6 nitrogen and oxygen atoms in total. The molecule has 2 aromatic carbocycles. The fourth-order valence-corrected chi connectivity index (χ4v) is 2.62. The number of hydrogen-bond acceptors (Lipinski definition) is 5. The van der Waals surface area contributed by atoms with Gasteiger partial charge in [0.15, 0.2) is 11.5 Å². The zero-order chi connectivity index (χ0) is 19.1. The Morgan fingerprint density at radius 3 is 2.58 bits per heavy atom. The minimum atomic E-state index is -0.483. The second-order valence-corrected chi connectivity index (χ2v) is 5.95. The van der Waals surface area contributed by atoms with E-state index < -0.39 is 4.92 Å². The fourth-order valence-electron chi connectivity index (χ4n) is 2.18. The molecular weight excluding hydrogens is 400 g/mol. The first-order chi connectivity index (χ1) is 12.5. The van der Waals surface area contributed by atoms with Crippen molar-refractivity contribution >= 4 is 33.3 Å². The van der Waals surface area contributed by atoms with E-state index in [-0.39, 0.29) is 5.69 Å². The number of benzene rings is 2. The summed E-state index contributed by atoms with van der Waals surface area (Å²) in [6.07, 6.45) is 3.30. The van der Waals surface area contributed by atoms with E-state index in [1.54, 1.807) is 36.4 Å². The fraction of sp³-hybridized carbons (Fsp3) is 0.105. The molecule has 0 fully saturated rings. The number of nitriles is 1. The van der Waals surface area contributed by atoms with E-state index in [0.29, 0.717) is 39.3 Å². The topological polar surface area (TPSA) is 85.4 Å². The molecule has 0 radical (unpaired) electrons. The summed E-state index contributed by atoms with van der Waals surface area (Å²) >= 11 is 3.46. The van der Waals surface area contributed by atoms with Gasteiger partial charge in [0.05, 0.1) is 23.7 Å². The molecule has 0 N–H and O–H groups in total. The number of rotatable bonds is 7. The molecule has 0 aliphatic heterocycles. The van der Waals surface area contributed by atoms with Gasteiger partial charge >= 0.3 is 0 Å². The Kier molecular flexibility index (Phi) is 6.53. The van der Waals surface area contributed by atoms with Gasteiger partial charge in [-0.15, -0.1) is 0 Å². The van der Waals surface area contributed by atoms with Crippen molar-refractivity contribution in [2.45, 2.75) is 0 Å². The van der Waals surface area contributed by atoms with E-state index in [0.717, 1.165) is 0 Å². The third-order valence-corrected chi connectivity index (χ3v) is 4.14. The molecule has 2 rings (SSSR count). The summed E-state index contributed by atoms with van der Waals surface area (Å²) in [5, 5.41) is 20.2. The second-order valence-electron chi connectivity index (χ2n) is 5.10. The van der Waals surface area contributed by atoms with Crippen molar-refractivity contribution in [2.24, 2.45) is 0 Å². The van der Waals surface area contributed by atoms with E-state index in [4.69, 9.17) is 9.47 Å². The Hall–Kier alpha value is -3.11. The molecule has 2 aromatic rings. The molecule has 132 valence electrons. The largest absolute Gasteiger partial charge is 0.493 e. The van der Waals surface area contributed by atoms with Gasteiger partial charge in [-0.1, -0.05) is 28.6 Å². The summed E-state index contributed by atoms with van der Waals surface area (Å²) < 4.78 is 11.6. The number of methoxy groups -OCH3 is 1. The normalized spacial score (nSPS) is 10.7. The molecule has 0 atom stereocenters. The van der Waals surface area contributed by atoms with Crippen LogP contribution in [0.15, 0.2) is 53.5 Å². The van der Waals surface area contributed by atoms with Gasteiger partial charge < -0.3 is 9.47 Å². The van der Waals surface area contributed by atoms with Crippen LogP contribution in [-0.4, -0.2) is 18.6 Å². The van der Waals surface area contributed by atoms with E-state index in [1.807, 2.05) is 0 Å². The maximum Gasteiger partial charge on any atom is 0.269 e. The van der Waals surface area contributed by atoms with Crippen molar-refractivity contribution in [3.8, 4) is 17.6 Å². The second kappa shape index (κ2) is 8.83. The molecule has 0 spiro atoms. The van der Waals surface area contributed by atoms with Crippen LogP contribution in [-0.2, 0) is 0 Å². The molecule has 7 heteroatoms. The number of halogens is 1. The Morgan fingerprint density at radius 1 is 1.35 bits per heavy atom. The smallest absolute Gasteiger partial charge is 0.269 e. The van der Waals surface area contributed by atoms with Gasteiger partial charge in [-0.2, -0.15) is 5.26 Å². The zero-order valence-electron chi connectivity index (χ0n) is 13.9. The third kappa shape index (κ3) is 4.49. The molecular formula is C19H15BrN2O4. The lowest BCUT2D eigenvalue weighted by atomic mass is 10.0. The monoisotopic (exact) mass is 414 g/mol. The first kappa shape index (κ1) is 19.2. The Morgan fingerprint density at radius 2 is 2.04 bits per heavy atom. The van der Waals surface area contributed by atoms with Crippen LogP contribution in [0.2, 0.25) is 0 Å². The van der Waals surface area contributed by atoms with Gasteiger partial charge in [-0.05, 0) is 41.5 Å². The SMILES string of the molecule is C=CCOc1cc(Br)c(/C=C(/C#N)c2ccc([N+](=O)[O-])cc2)cc1OC. The maximum absolute atomic E-state index is 10.8. The minimum Gasteiger partial charge on any atom is -0.493 e. The zero-order valence-corrected chi connectivity index (χ0v) is 15.5. The maximum atomic E-state index is 10.8. The van der Waals surface area contributed by atoms with Crippen LogP contribution >= 0.6 is 15.9 Å². The molecule has 0 amide bonds. The summed E-state index contributed by atoms with van der Waals surface area (Å²) in [6, 6.07) is 11.4. The Bertz CT molecular complexity index is 899. The molecule has 0 unspecified atom stereocenters. The first-order valence-electron chi connectivity index (χ1n) is 7.48. The molecule has 0 saturated carbocycles. The van der Waals surface area contributed by atoms with Crippen LogP contribution in [0.4, 0.5) is 5.69 Å². The van der Waals surface area contributed by atoms with Crippen molar-refractivity contribution in [1.29, 1.82) is 5.26 Å². The number of allylic oxidation sites excluding steroid dienone is 1. The third-order valence-electron chi connectivity index (χ3n) is 3.45. The Balaban J connectivity index is 2.43. The first-order valence-corrected chi connectivity index (χ1v) is 8.27. The van der Waals surface area contributed by atoms with Crippen molar-refractivity contribution < 1.29 is 14.4 Å². The molecule has 0 aromatic heterocycles. The van der Waals surface area contributed by atoms with Gasteiger partial charge in [0, 0.05) is 16.6 Å². The van der Waals surface area contributed by atoms with Crippen molar-refractivity contribution in [2.75, 3.05) is 13.7 Å². The Labute approximate surface area is 159 Å². The highest BCUT2D eigenvalue weighted by molar-refractivity contribution is 9.10. The average molecular weight is 415 g/mol. The van der Waals surface area contributed by atoms with E-state index >= 15 is 0 Å². The van der Waals surface area contributed by atoms with Crippen LogP contribution < -0.4 is 9.47 Å². The minimum absolute atomic E-state index is 0.0300. The number of nitro groups is 1. The van der Waals surface area contributed by atoms with Gasteiger partial charge in [0.25, 0.3) is 5.69 Å².